The van der Waals surface area contributed by atoms with Gasteiger partial charge in [-0.2, -0.15) is 0 Å². The Kier molecular flexibility index (Phi) is 6.32. The smallest absolute Gasteiger partial charge is 0.409 e. The third-order valence-electron chi connectivity index (χ3n) is 1.44. The lowest BCUT2D eigenvalue weighted by Crippen LogP contribution is -2.36. The van der Waals surface area contributed by atoms with Crippen LogP contribution in [0, 0.1) is 0 Å². The Bertz CT molecular complexity index is 184. The molecule has 0 aromatic heterocycles. The molecule has 0 heterocycles. The molecule has 0 aromatic carbocycles. The van der Waals surface area contributed by atoms with Crippen LogP contribution in [-0.4, -0.2) is 42.9 Å². The Hall–Kier alpha value is -0.770. The summed E-state index contributed by atoms with van der Waals surface area (Å²) < 4.78 is 4.50. The molecule has 0 spiro atoms. The van der Waals surface area contributed by atoms with Crippen molar-refractivity contribution in [3.8, 4) is 0 Å². The van der Waals surface area contributed by atoms with Crippen LogP contribution in [0.2, 0.25) is 0 Å². The van der Waals surface area contributed by atoms with E-state index in [9.17, 15) is 9.59 Å². The Balaban J connectivity index is 4.08. The lowest BCUT2D eigenvalue weighted by atomic mass is 10.3. The van der Waals surface area contributed by atoms with Crippen molar-refractivity contribution in [3.05, 3.63) is 0 Å². The molecule has 0 aliphatic heterocycles. The fourth-order valence-electron chi connectivity index (χ4n) is 0.889. The average molecular weight is 208 g/mol. The zero-order valence-corrected chi connectivity index (χ0v) is 8.63. The highest BCUT2D eigenvalue weighted by Gasteiger charge is 2.15. The largest absolute Gasteiger partial charge is 0.453 e. The molecule has 4 nitrogen and oxygen atoms in total. The van der Waals surface area contributed by atoms with Crippen molar-refractivity contribution in [2.75, 3.05) is 26.1 Å². The molecule has 0 rings (SSSR count). The number of alkyl halides is 1. The van der Waals surface area contributed by atoms with Crippen molar-refractivity contribution in [3.63, 3.8) is 0 Å². The number of amides is 1. The van der Waals surface area contributed by atoms with Gasteiger partial charge in [-0.15, -0.1) is 11.6 Å². The molecule has 0 unspecified atom stereocenters. The molecular formula is C8H14ClNO3. The average Bonchev–Trinajstić information content (AvgIpc) is 2.15. The number of methoxy groups -OCH3 is 1. The number of halogens is 1. The van der Waals surface area contributed by atoms with E-state index in [1.54, 1.807) is 0 Å². The van der Waals surface area contributed by atoms with Gasteiger partial charge in [0.2, 0.25) is 0 Å². The molecule has 0 saturated heterocycles. The second kappa shape index (κ2) is 6.71. The van der Waals surface area contributed by atoms with E-state index >= 15 is 0 Å². The van der Waals surface area contributed by atoms with Crippen LogP contribution in [-0.2, 0) is 9.53 Å². The number of nitrogens with zero attached hydrogens (tertiary/aromatic N) is 1. The van der Waals surface area contributed by atoms with Crippen LogP contribution in [0.25, 0.3) is 0 Å². The Morgan fingerprint density at radius 3 is 2.46 bits per heavy atom. The minimum Gasteiger partial charge on any atom is -0.453 e. The van der Waals surface area contributed by atoms with Gasteiger partial charge in [0.25, 0.3) is 0 Å². The van der Waals surface area contributed by atoms with Crippen LogP contribution in [0.5, 0.6) is 0 Å². The highest BCUT2D eigenvalue weighted by molar-refractivity contribution is 6.28. The Morgan fingerprint density at radius 1 is 1.46 bits per heavy atom. The van der Waals surface area contributed by atoms with Crippen molar-refractivity contribution in [2.45, 2.75) is 13.3 Å². The quantitative estimate of drug-likeness (QED) is 0.638. The second-order valence-electron chi connectivity index (χ2n) is 2.56. The van der Waals surface area contributed by atoms with Gasteiger partial charge >= 0.3 is 6.09 Å². The topological polar surface area (TPSA) is 46.6 Å². The van der Waals surface area contributed by atoms with Gasteiger partial charge in [0.1, 0.15) is 0 Å². The van der Waals surface area contributed by atoms with Crippen LogP contribution in [0.3, 0.4) is 0 Å². The zero-order valence-electron chi connectivity index (χ0n) is 7.88. The maximum Gasteiger partial charge on any atom is 0.409 e. The number of carbonyl (C=O) groups excluding carboxylic acids is 2. The summed E-state index contributed by atoms with van der Waals surface area (Å²) in [6, 6.07) is 0. The van der Waals surface area contributed by atoms with Crippen molar-refractivity contribution < 1.29 is 14.3 Å². The third kappa shape index (κ3) is 4.72. The van der Waals surface area contributed by atoms with E-state index in [0.29, 0.717) is 6.54 Å². The molecule has 5 heteroatoms. The van der Waals surface area contributed by atoms with Gasteiger partial charge in [-0.25, -0.2) is 4.79 Å². The SMILES string of the molecule is CCCN(CC(=O)CCl)C(=O)OC. The molecular weight excluding hydrogens is 194 g/mol. The standard InChI is InChI=1S/C8H14ClNO3/c1-3-4-10(8(12)13-2)6-7(11)5-9/h3-6H2,1-2H3. The molecule has 0 atom stereocenters. The summed E-state index contributed by atoms with van der Waals surface area (Å²) in [5.74, 6) is -0.252. The molecule has 13 heavy (non-hydrogen) atoms. The maximum absolute atomic E-state index is 11.1. The van der Waals surface area contributed by atoms with Crippen molar-refractivity contribution in [1.29, 1.82) is 0 Å². The van der Waals surface area contributed by atoms with Gasteiger partial charge in [0.05, 0.1) is 19.5 Å². The first-order chi connectivity index (χ1) is 6.15. The molecule has 0 aromatic rings. The lowest BCUT2D eigenvalue weighted by Gasteiger charge is -2.18. The van der Waals surface area contributed by atoms with Crippen LogP contribution >= 0.6 is 11.6 Å². The normalized spacial score (nSPS) is 9.46. The predicted octanol–water partition coefficient (Wildman–Crippen LogP) is 1.27. The number of ketones is 1. The number of hydrogen-bond donors (Lipinski definition) is 0. The molecule has 0 aliphatic rings. The summed E-state index contributed by atoms with van der Waals surface area (Å²) >= 11 is 5.32. The molecule has 0 radical (unpaired) electrons. The van der Waals surface area contributed by atoms with E-state index in [-0.39, 0.29) is 18.2 Å². The highest BCUT2D eigenvalue weighted by atomic mass is 35.5. The fourth-order valence-corrected chi connectivity index (χ4v) is 0.974. The number of rotatable bonds is 5. The van der Waals surface area contributed by atoms with Gasteiger partial charge in [0, 0.05) is 6.54 Å². The summed E-state index contributed by atoms with van der Waals surface area (Å²) in [5.41, 5.74) is 0. The lowest BCUT2D eigenvalue weighted by molar-refractivity contribution is -0.117. The summed E-state index contributed by atoms with van der Waals surface area (Å²) in [7, 11) is 1.29. The minimum atomic E-state index is -0.486. The Morgan fingerprint density at radius 2 is 2.08 bits per heavy atom. The van der Waals surface area contributed by atoms with Crippen molar-refractivity contribution in [2.24, 2.45) is 0 Å². The van der Waals surface area contributed by atoms with Gasteiger partial charge in [0.15, 0.2) is 5.78 Å². The predicted molar refractivity (Wildman–Crippen MR) is 50.0 cm³/mol. The Labute approximate surface area is 82.8 Å². The van der Waals surface area contributed by atoms with Crippen LogP contribution in [0.1, 0.15) is 13.3 Å². The molecule has 76 valence electrons. The van der Waals surface area contributed by atoms with Gasteiger partial charge < -0.3 is 9.64 Å². The monoisotopic (exact) mass is 207 g/mol. The molecule has 0 aliphatic carbocycles. The second-order valence-corrected chi connectivity index (χ2v) is 2.83. The van der Waals surface area contributed by atoms with E-state index in [0.717, 1.165) is 6.42 Å². The van der Waals surface area contributed by atoms with Gasteiger partial charge in [-0.05, 0) is 6.42 Å². The number of carbonyl (C=O) groups is 2. The maximum atomic E-state index is 11.1. The van der Waals surface area contributed by atoms with E-state index in [4.69, 9.17) is 11.6 Å². The minimum absolute atomic E-state index is 0.0318. The molecule has 0 fully saturated rings. The third-order valence-corrected chi connectivity index (χ3v) is 1.74. The van der Waals surface area contributed by atoms with E-state index < -0.39 is 6.09 Å². The first kappa shape index (κ1) is 12.2. The molecule has 1 amide bonds. The van der Waals surface area contributed by atoms with Crippen LogP contribution in [0.15, 0.2) is 0 Å². The van der Waals surface area contributed by atoms with E-state index in [1.165, 1.54) is 12.0 Å². The first-order valence-corrected chi connectivity index (χ1v) is 4.59. The van der Waals surface area contributed by atoms with E-state index in [1.807, 2.05) is 6.92 Å². The molecule has 0 N–H and O–H groups in total. The molecule has 0 saturated carbocycles. The van der Waals surface area contributed by atoms with Gasteiger partial charge in [-0.1, -0.05) is 6.92 Å². The first-order valence-electron chi connectivity index (χ1n) is 4.06. The zero-order chi connectivity index (χ0) is 10.3. The summed E-state index contributed by atoms with van der Waals surface area (Å²) in [4.78, 5) is 23.3. The van der Waals surface area contributed by atoms with Crippen LogP contribution in [0.4, 0.5) is 4.79 Å². The highest BCUT2D eigenvalue weighted by Crippen LogP contribution is 1.96. The van der Waals surface area contributed by atoms with Crippen LogP contribution < -0.4 is 0 Å². The van der Waals surface area contributed by atoms with Gasteiger partial charge in [-0.3, -0.25) is 4.79 Å². The fraction of sp³-hybridized carbons (Fsp3) is 0.750. The summed E-state index contributed by atoms with van der Waals surface area (Å²) in [5, 5.41) is 0. The summed E-state index contributed by atoms with van der Waals surface area (Å²) in [6.45, 7) is 2.46. The molecule has 0 bridgehead atoms. The van der Waals surface area contributed by atoms with Crippen molar-refractivity contribution in [1.82, 2.24) is 4.90 Å². The number of Topliss-reactive ketones (excluding diaryl/α,β-unsaturated/α-hetero) is 1. The van der Waals surface area contributed by atoms with E-state index in [2.05, 4.69) is 4.74 Å². The van der Waals surface area contributed by atoms with Crippen molar-refractivity contribution >= 4 is 23.5 Å². The number of ether oxygens (including phenoxy) is 1. The summed E-state index contributed by atoms with van der Waals surface area (Å²) in [6.07, 6.45) is 0.297. The number of hydrogen-bond acceptors (Lipinski definition) is 3.